The second-order valence-electron chi connectivity index (χ2n) is 8.48. The van der Waals surface area contributed by atoms with Crippen molar-refractivity contribution >= 4 is 20.8 Å². The van der Waals surface area contributed by atoms with Crippen LogP contribution in [0.15, 0.2) is 65.8 Å². The number of nitrogens with zero attached hydrogens (tertiary/aromatic N) is 3. The quantitative estimate of drug-likeness (QED) is 0.435. The fourth-order valence-corrected chi connectivity index (χ4v) is 6.03. The highest BCUT2D eigenvalue weighted by atomic mass is 32.2. The molecule has 0 spiro atoms. The van der Waals surface area contributed by atoms with E-state index < -0.39 is 10.0 Å². The zero-order valence-electron chi connectivity index (χ0n) is 18.9. The van der Waals surface area contributed by atoms with Crippen LogP contribution in [0.3, 0.4) is 0 Å². The van der Waals surface area contributed by atoms with Crippen LogP contribution in [-0.4, -0.2) is 61.9 Å². The van der Waals surface area contributed by atoms with Crippen molar-refractivity contribution < 1.29 is 17.5 Å². The maximum absolute atomic E-state index is 13.3. The lowest BCUT2D eigenvalue weighted by Gasteiger charge is -2.36. The van der Waals surface area contributed by atoms with Crippen LogP contribution in [0.1, 0.15) is 25.7 Å². The Morgan fingerprint density at radius 3 is 2.61 bits per heavy atom. The third-order valence-corrected chi connectivity index (χ3v) is 8.25. The number of rotatable bonds is 9. The lowest BCUT2D eigenvalue weighted by Crippen LogP contribution is -2.45. The summed E-state index contributed by atoms with van der Waals surface area (Å²) in [6.45, 7) is 2.57. The molecule has 33 heavy (non-hydrogen) atoms. The van der Waals surface area contributed by atoms with Crippen LogP contribution in [0.25, 0.3) is 10.8 Å². The van der Waals surface area contributed by atoms with Crippen molar-refractivity contribution in [1.29, 1.82) is 0 Å². The maximum atomic E-state index is 13.3. The van der Waals surface area contributed by atoms with Crippen molar-refractivity contribution in [3.63, 3.8) is 0 Å². The summed E-state index contributed by atoms with van der Waals surface area (Å²) in [6.07, 6.45) is 6.85. The summed E-state index contributed by atoms with van der Waals surface area (Å²) in [6, 6.07) is 13.5. The second kappa shape index (κ2) is 10.6. The first-order chi connectivity index (χ1) is 15.9. The lowest BCUT2D eigenvalue weighted by molar-refractivity contribution is 0.163. The lowest BCUT2D eigenvalue weighted by atomic mass is 10.1. The molecule has 1 aliphatic heterocycles. The number of unbranched alkanes of at least 4 members (excludes halogenated alkanes) is 1. The first-order valence-corrected chi connectivity index (χ1v) is 12.8. The molecule has 176 valence electrons. The topological polar surface area (TPSA) is 62.7 Å². The number of benzene rings is 2. The molecule has 0 atom stereocenters. The van der Waals surface area contributed by atoms with E-state index in [-0.39, 0.29) is 5.82 Å². The van der Waals surface area contributed by atoms with Gasteiger partial charge in [0.25, 0.3) is 0 Å². The van der Waals surface area contributed by atoms with Crippen molar-refractivity contribution in [2.45, 2.75) is 36.6 Å². The van der Waals surface area contributed by atoms with Gasteiger partial charge in [-0.15, -0.1) is 0 Å². The Kier molecular flexibility index (Phi) is 7.57. The Bertz CT molecular complexity index is 1160. The first-order valence-electron chi connectivity index (χ1n) is 11.4. The molecule has 1 aromatic heterocycles. The van der Waals surface area contributed by atoms with Crippen LogP contribution in [0, 0.1) is 5.82 Å². The van der Waals surface area contributed by atoms with Crippen molar-refractivity contribution in [3.8, 4) is 5.75 Å². The van der Waals surface area contributed by atoms with Crippen LogP contribution in [0.4, 0.5) is 4.39 Å². The normalized spacial score (nSPS) is 15.8. The largest absolute Gasteiger partial charge is 0.494 e. The molecular weight excluding hydrogens is 441 g/mol. The Hall–Kier alpha value is -2.55. The van der Waals surface area contributed by atoms with Gasteiger partial charge < -0.3 is 9.64 Å². The zero-order valence-corrected chi connectivity index (χ0v) is 19.7. The molecular formula is C25H30FN3O3S. The van der Waals surface area contributed by atoms with Crippen LogP contribution in [0.5, 0.6) is 5.75 Å². The summed E-state index contributed by atoms with van der Waals surface area (Å²) in [4.78, 5) is 6.78. The standard InChI is InChI=1S/C25H30FN3O3S/c1-28(15-2-3-18-32-23-9-7-21(26)8-10-23)22-12-16-29(17-13-22)33(30,31)25-6-4-5-20-19-27-14-11-24(20)25/h4-11,14,19,22H,2-3,12-13,15-18H2,1H3. The molecule has 0 radical (unpaired) electrons. The molecule has 2 heterocycles. The van der Waals surface area contributed by atoms with Gasteiger partial charge in [-0.1, -0.05) is 12.1 Å². The van der Waals surface area contributed by atoms with Gasteiger partial charge in [0.15, 0.2) is 0 Å². The van der Waals surface area contributed by atoms with E-state index in [1.807, 2.05) is 6.07 Å². The summed E-state index contributed by atoms with van der Waals surface area (Å²) in [5, 5.41) is 1.55. The fourth-order valence-electron chi connectivity index (χ4n) is 4.35. The van der Waals surface area contributed by atoms with E-state index in [0.717, 1.165) is 43.0 Å². The van der Waals surface area contributed by atoms with E-state index in [0.29, 0.717) is 36.4 Å². The Morgan fingerprint density at radius 1 is 1.09 bits per heavy atom. The number of aromatic nitrogens is 1. The molecule has 1 fully saturated rings. The van der Waals surface area contributed by atoms with Crippen molar-refractivity contribution in [3.05, 3.63) is 66.7 Å². The summed E-state index contributed by atoms with van der Waals surface area (Å²) in [7, 11) is -1.44. The number of piperidine rings is 1. The van der Waals surface area contributed by atoms with E-state index in [9.17, 15) is 12.8 Å². The Balaban J connectivity index is 1.24. The molecule has 6 nitrogen and oxygen atoms in total. The van der Waals surface area contributed by atoms with E-state index >= 15 is 0 Å². The van der Waals surface area contributed by atoms with Gasteiger partial charge in [-0.05, 0) is 75.7 Å². The number of hydrogen-bond donors (Lipinski definition) is 0. The molecule has 0 N–H and O–H groups in total. The molecule has 3 aromatic rings. The number of fused-ring (bicyclic) bond motifs is 1. The predicted octanol–water partition coefficient (Wildman–Crippen LogP) is 4.32. The molecule has 0 saturated carbocycles. The number of halogens is 1. The number of ether oxygens (including phenoxy) is 1. The van der Waals surface area contributed by atoms with Gasteiger partial charge in [0.05, 0.1) is 11.5 Å². The molecule has 4 rings (SSSR count). The summed E-state index contributed by atoms with van der Waals surface area (Å²) < 4.78 is 46.8. The van der Waals surface area contributed by atoms with Gasteiger partial charge in [0.1, 0.15) is 11.6 Å². The number of sulfonamides is 1. The minimum absolute atomic E-state index is 0.266. The highest BCUT2D eigenvalue weighted by Gasteiger charge is 2.31. The van der Waals surface area contributed by atoms with E-state index in [2.05, 4.69) is 16.9 Å². The van der Waals surface area contributed by atoms with Crippen LogP contribution in [-0.2, 0) is 10.0 Å². The third kappa shape index (κ3) is 5.69. The zero-order chi connectivity index (χ0) is 23.3. The number of hydrogen-bond acceptors (Lipinski definition) is 5. The fraction of sp³-hybridized carbons (Fsp3) is 0.400. The predicted molar refractivity (Wildman–Crippen MR) is 127 cm³/mol. The van der Waals surface area contributed by atoms with E-state index in [4.69, 9.17) is 4.74 Å². The van der Waals surface area contributed by atoms with Crippen LogP contribution < -0.4 is 4.74 Å². The van der Waals surface area contributed by atoms with E-state index in [1.54, 1.807) is 47.0 Å². The molecule has 1 saturated heterocycles. The molecule has 1 aliphatic rings. The minimum Gasteiger partial charge on any atom is -0.494 e. The minimum atomic E-state index is -3.54. The van der Waals surface area contributed by atoms with Crippen molar-refractivity contribution in [2.24, 2.45) is 0 Å². The van der Waals surface area contributed by atoms with Crippen LogP contribution in [0.2, 0.25) is 0 Å². The third-order valence-electron chi connectivity index (χ3n) is 6.29. The van der Waals surface area contributed by atoms with Gasteiger partial charge in [-0.3, -0.25) is 4.98 Å². The van der Waals surface area contributed by atoms with Gasteiger partial charge >= 0.3 is 0 Å². The van der Waals surface area contributed by atoms with Gasteiger partial charge in [0, 0.05) is 42.3 Å². The SMILES string of the molecule is CN(CCCCOc1ccc(F)cc1)C1CCN(S(=O)(=O)c2cccc3cnccc23)CC1. The molecule has 0 bridgehead atoms. The summed E-state index contributed by atoms with van der Waals surface area (Å²) >= 11 is 0. The molecule has 2 aromatic carbocycles. The summed E-state index contributed by atoms with van der Waals surface area (Å²) in [5.74, 6) is 0.415. The van der Waals surface area contributed by atoms with Crippen molar-refractivity contribution in [2.75, 3.05) is 33.3 Å². The average Bonchev–Trinajstić information content (AvgIpc) is 2.84. The van der Waals surface area contributed by atoms with Crippen molar-refractivity contribution in [1.82, 2.24) is 14.2 Å². The van der Waals surface area contributed by atoms with Gasteiger partial charge in [-0.25, -0.2) is 12.8 Å². The monoisotopic (exact) mass is 471 g/mol. The van der Waals surface area contributed by atoms with Gasteiger partial charge in [0.2, 0.25) is 10.0 Å². The highest BCUT2D eigenvalue weighted by molar-refractivity contribution is 7.89. The Labute approximate surface area is 195 Å². The van der Waals surface area contributed by atoms with E-state index in [1.165, 1.54) is 12.1 Å². The number of pyridine rings is 1. The van der Waals surface area contributed by atoms with Crippen LogP contribution >= 0.6 is 0 Å². The molecule has 0 amide bonds. The smallest absolute Gasteiger partial charge is 0.243 e. The highest BCUT2D eigenvalue weighted by Crippen LogP contribution is 2.28. The second-order valence-corrected chi connectivity index (χ2v) is 10.4. The molecule has 0 aliphatic carbocycles. The molecule has 0 unspecified atom stereocenters. The maximum Gasteiger partial charge on any atom is 0.243 e. The first kappa shape index (κ1) is 23.6. The van der Waals surface area contributed by atoms with Gasteiger partial charge in [-0.2, -0.15) is 4.31 Å². The molecule has 8 heteroatoms. The average molecular weight is 472 g/mol. The summed E-state index contributed by atoms with van der Waals surface area (Å²) in [5.41, 5.74) is 0. The Morgan fingerprint density at radius 2 is 1.85 bits per heavy atom.